The second kappa shape index (κ2) is 9.66. The van der Waals surface area contributed by atoms with Crippen LogP contribution in [0.4, 0.5) is 4.39 Å². The number of halogens is 1. The summed E-state index contributed by atoms with van der Waals surface area (Å²) in [6, 6.07) is 5.57. The minimum Gasteiger partial charge on any atom is -0.461 e. The predicted molar refractivity (Wildman–Crippen MR) is 125 cm³/mol. The Balaban J connectivity index is 1.67. The van der Waals surface area contributed by atoms with E-state index in [1.165, 1.54) is 0 Å². The van der Waals surface area contributed by atoms with Crippen LogP contribution in [0.2, 0.25) is 18.1 Å². The van der Waals surface area contributed by atoms with Crippen LogP contribution in [0.25, 0.3) is 11.1 Å². The largest absolute Gasteiger partial charge is 0.461 e. The van der Waals surface area contributed by atoms with E-state index in [-0.39, 0.29) is 35.4 Å². The van der Waals surface area contributed by atoms with Gasteiger partial charge in [0.1, 0.15) is 12.4 Å². The summed E-state index contributed by atoms with van der Waals surface area (Å²) in [5.74, 6) is -0.258. The molecule has 1 aliphatic rings. The minimum atomic E-state index is -1.98. The average molecular weight is 460 g/mol. The Labute approximate surface area is 191 Å². The molecule has 0 radical (unpaired) electrons. The van der Waals surface area contributed by atoms with E-state index >= 15 is 4.39 Å². The molecule has 0 spiro atoms. The zero-order valence-corrected chi connectivity index (χ0v) is 20.9. The molecule has 1 aromatic heterocycles. The zero-order valence-electron chi connectivity index (χ0n) is 19.9. The van der Waals surface area contributed by atoms with Gasteiger partial charge in [-0.25, -0.2) is 14.4 Å². The summed E-state index contributed by atoms with van der Waals surface area (Å²) >= 11 is 0. The second-order valence-corrected chi connectivity index (χ2v) is 14.7. The summed E-state index contributed by atoms with van der Waals surface area (Å²) in [5.41, 5.74) is 1.54. The van der Waals surface area contributed by atoms with Crippen molar-refractivity contribution in [1.29, 1.82) is 0 Å². The number of carbonyl (C=O) groups is 1. The van der Waals surface area contributed by atoms with Crippen molar-refractivity contribution in [2.24, 2.45) is 0 Å². The van der Waals surface area contributed by atoms with Gasteiger partial charge in [0.15, 0.2) is 8.32 Å². The van der Waals surface area contributed by atoms with Crippen molar-refractivity contribution >= 4 is 14.2 Å². The second-order valence-electron chi connectivity index (χ2n) is 9.90. The molecule has 3 rings (SSSR count). The summed E-state index contributed by atoms with van der Waals surface area (Å²) in [4.78, 5) is 22.0. The fourth-order valence-electron chi connectivity index (χ4n) is 3.51. The fourth-order valence-corrected chi connectivity index (χ4v) is 4.46. The van der Waals surface area contributed by atoms with Crippen LogP contribution in [-0.2, 0) is 15.8 Å². The normalized spacial score (nSPS) is 17.0. The van der Waals surface area contributed by atoms with Gasteiger partial charge in [-0.3, -0.25) is 4.79 Å². The van der Waals surface area contributed by atoms with E-state index in [0.29, 0.717) is 23.3 Å². The molecule has 2 aromatic rings. The number of carbonyl (C=O) groups excluding carboxylic acids is 1. The number of aromatic nitrogens is 2. The number of hydrogen-bond donors (Lipinski definition) is 0. The molecule has 32 heavy (non-hydrogen) atoms. The van der Waals surface area contributed by atoms with Gasteiger partial charge in [-0.15, -0.1) is 0 Å². The first-order chi connectivity index (χ1) is 15.0. The number of likely N-dealkylation sites (tertiary alicyclic amines) is 1. The zero-order chi connectivity index (χ0) is 23.5. The maximum absolute atomic E-state index is 15.2. The number of rotatable bonds is 7. The fraction of sp³-hybridized carbons (Fsp3) is 0.542. The average Bonchev–Trinajstić information content (AvgIpc) is 3.20. The van der Waals surface area contributed by atoms with Gasteiger partial charge in [0.2, 0.25) is 5.91 Å². The van der Waals surface area contributed by atoms with Gasteiger partial charge >= 0.3 is 6.01 Å². The van der Waals surface area contributed by atoms with E-state index in [1.54, 1.807) is 31.5 Å². The number of ether oxygens (including phenoxy) is 1. The van der Waals surface area contributed by atoms with Crippen molar-refractivity contribution in [1.82, 2.24) is 14.9 Å². The first-order valence-electron chi connectivity index (χ1n) is 11.1. The van der Waals surface area contributed by atoms with Gasteiger partial charge in [0, 0.05) is 42.6 Å². The maximum atomic E-state index is 15.2. The van der Waals surface area contributed by atoms with E-state index in [0.717, 1.165) is 19.4 Å². The van der Waals surface area contributed by atoms with Crippen molar-refractivity contribution in [3.05, 3.63) is 42.0 Å². The van der Waals surface area contributed by atoms with Crippen molar-refractivity contribution < 1.29 is 18.3 Å². The highest BCUT2D eigenvalue weighted by molar-refractivity contribution is 6.74. The Morgan fingerprint density at radius 3 is 2.56 bits per heavy atom. The summed E-state index contributed by atoms with van der Waals surface area (Å²) < 4.78 is 27.1. The summed E-state index contributed by atoms with van der Waals surface area (Å²) in [6.07, 6.45) is 5.02. The number of hydrogen-bond acceptors (Lipinski definition) is 5. The molecule has 1 aromatic carbocycles. The molecule has 0 bridgehead atoms. The highest BCUT2D eigenvalue weighted by Gasteiger charge is 2.37. The molecule has 6 nitrogen and oxygen atoms in total. The van der Waals surface area contributed by atoms with Crippen LogP contribution in [0.5, 0.6) is 6.01 Å². The lowest BCUT2D eigenvalue weighted by molar-refractivity contribution is -0.130. The van der Waals surface area contributed by atoms with Crippen molar-refractivity contribution in [3.8, 4) is 17.1 Å². The van der Waals surface area contributed by atoms with Crippen molar-refractivity contribution in [3.63, 3.8) is 0 Å². The highest BCUT2D eigenvalue weighted by atomic mass is 28.4. The van der Waals surface area contributed by atoms with Gasteiger partial charge in [-0.05, 0) is 31.0 Å². The van der Waals surface area contributed by atoms with E-state index in [4.69, 9.17) is 9.16 Å². The Morgan fingerprint density at radius 2 is 1.94 bits per heavy atom. The molecule has 0 N–H and O–H groups in total. The van der Waals surface area contributed by atoms with Crippen LogP contribution < -0.4 is 4.74 Å². The number of nitrogens with zero attached hydrogens (tertiary/aromatic N) is 3. The molecule has 0 aliphatic carbocycles. The van der Waals surface area contributed by atoms with Crippen LogP contribution in [0.1, 0.15) is 46.1 Å². The minimum absolute atomic E-state index is 0.0470. The van der Waals surface area contributed by atoms with Gasteiger partial charge in [-0.2, -0.15) is 0 Å². The molecule has 1 atom stereocenters. The van der Waals surface area contributed by atoms with Crippen LogP contribution in [0.3, 0.4) is 0 Å². The van der Waals surface area contributed by atoms with Crippen molar-refractivity contribution in [2.75, 3.05) is 13.2 Å². The third-order valence-corrected chi connectivity index (χ3v) is 11.1. The summed E-state index contributed by atoms with van der Waals surface area (Å²) in [6.45, 7) is 13.7. The molecule has 1 saturated heterocycles. The van der Waals surface area contributed by atoms with E-state index < -0.39 is 8.32 Å². The molecule has 2 heterocycles. The van der Waals surface area contributed by atoms with Crippen LogP contribution in [0, 0.1) is 5.82 Å². The van der Waals surface area contributed by atoms with E-state index in [9.17, 15) is 4.79 Å². The van der Waals surface area contributed by atoms with Gasteiger partial charge < -0.3 is 14.1 Å². The highest BCUT2D eigenvalue weighted by Crippen LogP contribution is 2.37. The standard InChI is InChI=1S/C24H34FN3O3Si/c1-17(29)28-12-8-10-20(28)16-30-23-26-13-19(14-27-23)21-11-7-9-18(22(21)25)15-31-32(5,6)24(2,3)4/h7,9,11,13-14,20H,8,10,12,15-16H2,1-6H3. The lowest BCUT2D eigenvalue weighted by atomic mass is 10.1. The molecule has 1 fully saturated rings. The molecule has 174 valence electrons. The molecule has 1 aliphatic heterocycles. The monoisotopic (exact) mass is 459 g/mol. The van der Waals surface area contributed by atoms with Gasteiger partial charge in [-0.1, -0.05) is 39.0 Å². The lowest BCUT2D eigenvalue weighted by Crippen LogP contribution is -2.40. The Hall–Kier alpha value is -2.32. The molecular formula is C24H34FN3O3Si. The first-order valence-corrected chi connectivity index (χ1v) is 14.0. The summed E-state index contributed by atoms with van der Waals surface area (Å²) in [7, 11) is -1.98. The Bertz CT molecular complexity index is 944. The van der Waals surface area contributed by atoms with E-state index in [2.05, 4.69) is 43.8 Å². The smallest absolute Gasteiger partial charge is 0.316 e. The van der Waals surface area contributed by atoms with Crippen LogP contribution >= 0.6 is 0 Å². The van der Waals surface area contributed by atoms with Gasteiger partial charge in [0.05, 0.1) is 12.6 Å². The Morgan fingerprint density at radius 1 is 1.25 bits per heavy atom. The predicted octanol–water partition coefficient (Wildman–Crippen LogP) is 5.19. The molecule has 0 saturated carbocycles. The summed E-state index contributed by atoms with van der Waals surface area (Å²) in [5, 5.41) is 0.0602. The molecular weight excluding hydrogens is 425 g/mol. The molecule has 8 heteroatoms. The van der Waals surface area contributed by atoms with Crippen LogP contribution in [0.15, 0.2) is 30.6 Å². The molecule has 1 amide bonds. The van der Waals surface area contributed by atoms with E-state index in [1.807, 2.05) is 11.0 Å². The lowest BCUT2D eigenvalue weighted by Gasteiger charge is -2.36. The van der Waals surface area contributed by atoms with Crippen LogP contribution in [-0.4, -0.2) is 48.3 Å². The number of benzene rings is 1. The molecule has 1 unspecified atom stereocenters. The SMILES string of the molecule is CC(=O)N1CCCC1COc1ncc(-c2cccc(CO[Si](C)(C)C(C)(C)C)c2F)cn1. The first kappa shape index (κ1) is 24.3. The van der Waals surface area contributed by atoms with Crippen molar-refractivity contribution in [2.45, 2.75) is 71.3 Å². The Kier molecular flexibility index (Phi) is 7.35. The third kappa shape index (κ3) is 5.53. The maximum Gasteiger partial charge on any atom is 0.316 e. The van der Waals surface area contributed by atoms with Gasteiger partial charge in [0.25, 0.3) is 0 Å². The quantitative estimate of drug-likeness (QED) is 0.533. The topological polar surface area (TPSA) is 64.6 Å². The number of amides is 1. The third-order valence-electron chi connectivity index (χ3n) is 6.60.